The largest absolute Gasteiger partial charge is 0.463 e. The lowest BCUT2D eigenvalue weighted by atomic mass is 10.2. The van der Waals surface area contributed by atoms with Crippen LogP contribution in [0, 0.1) is 6.92 Å². The normalized spacial score (nSPS) is 12.4. The lowest BCUT2D eigenvalue weighted by Gasteiger charge is -2.16. The van der Waals surface area contributed by atoms with Gasteiger partial charge < -0.3 is 4.42 Å². The number of hydrogen-bond acceptors (Lipinski definition) is 5. The zero-order chi connectivity index (χ0) is 17.7. The number of likely N-dealkylation sites (N-methyl/N-ethyl adjacent to an activating group) is 1. The summed E-state index contributed by atoms with van der Waals surface area (Å²) in [5.74, 6) is -0.0185. The van der Waals surface area contributed by atoms with Crippen molar-refractivity contribution in [1.29, 1.82) is 0 Å². The summed E-state index contributed by atoms with van der Waals surface area (Å²) in [6, 6.07) is 9.85. The number of hydrogen-bond donors (Lipinski definition) is 1. The Bertz CT molecular complexity index is 825. The molecule has 1 aromatic heterocycles. The number of hydrazone groups is 1. The van der Waals surface area contributed by atoms with Crippen LogP contribution in [-0.4, -0.2) is 37.9 Å². The van der Waals surface area contributed by atoms with Gasteiger partial charge in [-0.1, -0.05) is 17.7 Å². The van der Waals surface area contributed by atoms with Crippen LogP contribution in [0.2, 0.25) is 0 Å². The molecule has 1 heterocycles. The maximum absolute atomic E-state index is 12.4. The van der Waals surface area contributed by atoms with E-state index in [9.17, 15) is 13.2 Å². The number of furan rings is 1. The summed E-state index contributed by atoms with van der Waals surface area (Å²) < 4.78 is 30.9. The third kappa shape index (κ3) is 4.30. The molecule has 24 heavy (non-hydrogen) atoms. The molecular weight excluding hydrogens is 330 g/mol. The molecule has 0 aliphatic carbocycles. The highest BCUT2D eigenvalue weighted by atomic mass is 32.2. The number of carbonyl (C=O) groups excluding carboxylic acids is 1. The van der Waals surface area contributed by atoms with E-state index in [4.69, 9.17) is 4.42 Å². The molecule has 0 radical (unpaired) electrons. The molecule has 0 aliphatic heterocycles. The number of nitrogens with zero attached hydrogens (tertiary/aromatic N) is 2. The van der Waals surface area contributed by atoms with Crippen LogP contribution in [0.3, 0.4) is 0 Å². The van der Waals surface area contributed by atoms with Gasteiger partial charge in [0.2, 0.25) is 10.0 Å². The summed E-state index contributed by atoms with van der Waals surface area (Å²) in [4.78, 5) is 12.0. The van der Waals surface area contributed by atoms with E-state index >= 15 is 0 Å². The Kier molecular flexibility index (Phi) is 5.53. The average Bonchev–Trinajstić information content (AvgIpc) is 3.07. The lowest BCUT2D eigenvalue weighted by molar-refractivity contribution is -0.121. The number of sulfonamides is 1. The zero-order valence-electron chi connectivity index (χ0n) is 13.7. The number of rotatable bonds is 6. The molecule has 128 valence electrons. The van der Waals surface area contributed by atoms with E-state index in [0.717, 1.165) is 9.87 Å². The molecular formula is C16H19N3O4S. The van der Waals surface area contributed by atoms with Gasteiger partial charge in [0.1, 0.15) is 11.5 Å². The quantitative estimate of drug-likeness (QED) is 0.635. The monoisotopic (exact) mass is 349 g/mol. The topological polar surface area (TPSA) is 92.0 Å². The minimum Gasteiger partial charge on any atom is -0.463 e. The zero-order valence-corrected chi connectivity index (χ0v) is 14.5. The molecule has 0 fully saturated rings. The van der Waals surface area contributed by atoms with Gasteiger partial charge in [0, 0.05) is 7.05 Å². The third-order valence-electron chi connectivity index (χ3n) is 3.32. The van der Waals surface area contributed by atoms with E-state index in [1.54, 1.807) is 31.2 Å². The highest BCUT2D eigenvalue weighted by Crippen LogP contribution is 2.14. The maximum Gasteiger partial charge on any atom is 0.255 e. The first kappa shape index (κ1) is 17.9. The van der Waals surface area contributed by atoms with Crippen molar-refractivity contribution in [2.45, 2.75) is 18.7 Å². The van der Waals surface area contributed by atoms with Gasteiger partial charge in [-0.25, -0.2) is 13.8 Å². The Morgan fingerprint density at radius 2 is 1.92 bits per heavy atom. The molecule has 0 unspecified atom stereocenters. The van der Waals surface area contributed by atoms with Crippen molar-refractivity contribution in [3.63, 3.8) is 0 Å². The first-order valence-electron chi connectivity index (χ1n) is 7.20. The van der Waals surface area contributed by atoms with Crippen LogP contribution in [0.5, 0.6) is 0 Å². The van der Waals surface area contributed by atoms with E-state index in [0.29, 0.717) is 11.5 Å². The number of nitrogens with one attached hydrogen (secondary N) is 1. The highest BCUT2D eigenvalue weighted by Gasteiger charge is 2.22. The van der Waals surface area contributed by atoms with Crippen LogP contribution >= 0.6 is 0 Å². The minimum absolute atomic E-state index is 0.138. The number of benzene rings is 1. The molecule has 0 bridgehead atoms. The van der Waals surface area contributed by atoms with Gasteiger partial charge in [-0.15, -0.1) is 0 Å². The molecule has 0 saturated carbocycles. The maximum atomic E-state index is 12.4. The predicted octanol–water partition coefficient (Wildman–Crippen LogP) is 1.75. The number of amides is 1. The van der Waals surface area contributed by atoms with Gasteiger partial charge in [-0.2, -0.15) is 9.41 Å². The van der Waals surface area contributed by atoms with E-state index in [1.165, 1.54) is 25.4 Å². The van der Waals surface area contributed by atoms with Gasteiger partial charge in [0.25, 0.3) is 5.91 Å². The van der Waals surface area contributed by atoms with Crippen molar-refractivity contribution < 1.29 is 17.6 Å². The van der Waals surface area contributed by atoms with Crippen molar-refractivity contribution in [2.75, 3.05) is 13.6 Å². The molecule has 7 nitrogen and oxygen atoms in total. The summed E-state index contributed by atoms with van der Waals surface area (Å²) in [5.41, 5.74) is 3.76. The van der Waals surface area contributed by atoms with E-state index in [2.05, 4.69) is 10.5 Å². The first-order chi connectivity index (χ1) is 11.3. The van der Waals surface area contributed by atoms with Crippen LogP contribution < -0.4 is 5.43 Å². The summed E-state index contributed by atoms with van der Waals surface area (Å²) in [5, 5.41) is 3.89. The van der Waals surface area contributed by atoms with Crippen molar-refractivity contribution >= 4 is 21.6 Å². The smallest absolute Gasteiger partial charge is 0.255 e. The van der Waals surface area contributed by atoms with Crippen LogP contribution in [0.25, 0.3) is 0 Å². The third-order valence-corrected chi connectivity index (χ3v) is 5.14. The summed E-state index contributed by atoms with van der Waals surface area (Å²) >= 11 is 0. The van der Waals surface area contributed by atoms with Gasteiger partial charge in [0.15, 0.2) is 0 Å². The summed E-state index contributed by atoms with van der Waals surface area (Å²) in [6.07, 6.45) is 1.50. The van der Waals surface area contributed by atoms with E-state index in [1.807, 2.05) is 6.92 Å². The number of carbonyl (C=O) groups is 1. The lowest BCUT2D eigenvalue weighted by Crippen LogP contribution is -2.36. The Hall–Kier alpha value is -2.45. The van der Waals surface area contributed by atoms with E-state index in [-0.39, 0.29) is 11.4 Å². The first-order valence-corrected chi connectivity index (χ1v) is 8.64. The van der Waals surface area contributed by atoms with Crippen molar-refractivity contribution in [3.8, 4) is 0 Å². The molecule has 2 aromatic rings. The Labute approximate surface area is 141 Å². The van der Waals surface area contributed by atoms with Gasteiger partial charge in [-0.05, 0) is 38.1 Å². The molecule has 1 N–H and O–H groups in total. The Morgan fingerprint density at radius 1 is 1.25 bits per heavy atom. The second-order valence-corrected chi connectivity index (χ2v) is 7.33. The SMILES string of the molecule is C/C(=N/NC(=O)CN(C)S(=O)(=O)c1ccc(C)cc1)c1ccco1. The standard InChI is InChI=1S/C16H19N3O4S/c1-12-6-8-14(9-7-12)24(21,22)19(3)11-16(20)18-17-13(2)15-5-4-10-23-15/h4-10H,11H2,1-3H3,(H,18,20)/b17-13-. The van der Waals surface area contributed by atoms with Crippen molar-refractivity contribution in [2.24, 2.45) is 5.10 Å². The molecule has 0 atom stereocenters. The molecule has 2 rings (SSSR count). The fourth-order valence-electron chi connectivity index (χ4n) is 1.90. The molecule has 0 saturated heterocycles. The fraction of sp³-hybridized carbons (Fsp3) is 0.250. The molecule has 0 spiro atoms. The van der Waals surface area contributed by atoms with Crippen LogP contribution in [0.4, 0.5) is 0 Å². The molecule has 1 amide bonds. The Balaban J connectivity index is 2.00. The molecule has 8 heteroatoms. The van der Waals surface area contributed by atoms with Crippen molar-refractivity contribution in [3.05, 3.63) is 54.0 Å². The van der Waals surface area contributed by atoms with E-state index < -0.39 is 15.9 Å². The van der Waals surface area contributed by atoms with Crippen LogP contribution in [0.1, 0.15) is 18.2 Å². The van der Waals surface area contributed by atoms with Crippen LogP contribution in [0.15, 0.2) is 57.1 Å². The van der Waals surface area contributed by atoms with Gasteiger partial charge >= 0.3 is 0 Å². The number of aryl methyl sites for hydroxylation is 1. The minimum atomic E-state index is -3.73. The van der Waals surface area contributed by atoms with Gasteiger partial charge in [-0.3, -0.25) is 4.79 Å². The second kappa shape index (κ2) is 7.41. The second-order valence-electron chi connectivity index (χ2n) is 5.28. The average molecular weight is 349 g/mol. The van der Waals surface area contributed by atoms with Gasteiger partial charge in [0.05, 0.1) is 17.7 Å². The summed E-state index contributed by atoms with van der Waals surface area (Å²) in [6.45, 7) is 3.20. The summed E-state index contributed by atoms with van der Waals surface area (Å²) in [7, 11) is -2.38. The van der Waals surface area contributed by atoms with Crippen LogP contribution in [-0.2, 0) is 14.8 Å². The fourth-order valence-corrected chi connectivity index (χ4v) is 3.03. The molecule has 1 aromatic carbocycles. The highest BCUT2D eigenvalue weighted by molar-refractivity contribution is 7.89. The molecule has 0 aliphatic rings. The van der Waals surface area contributed by atoms with Crippen molar-refractivity contribution in [1.82, 2.24) is 9.73 Å². The predicted molar refractivity (Wildman–Crippen MR) is 90.1 cm³/mol. The Morgan fingerprint density at radius 3 is 2.50 bits per heavy atom.